The monoisotopic (exact) mass is 209 g/mol. The Balaban J connectivity index is 3.06. The lowest BCUT2D eigenvalue weighted by atomic mass is 9.94. The van der Waals surface area contributed by atoms with Crippen molar-refractivity contribution in [2.45, 2.75) is 25.8 Å². The van der Waals surface area contributed by atoms with Gasteiger partial charge in [0.15, 0.2) is 0 Å². The van der Waals surface area contributed by atoms with E-state index in [4.69, 9.17) is 15.2 Å². The lowest BCUT2D eigenvalue weighted by Gasteiger charge is -2.17. The number of ether oxygens (including phenoxy) is 2. The summed E-state index contributed by atoms with van der Waals surface area (Å²) in [6.07, 6.45) is 0. The zero-order valence-corrected chi connectivity index (χ0v) is 9.78. The second kappa shape index (κ2) is 5.03. The van der Waals surface area contributed by atoms with Crippen LogP contribution < -0.4 is 15.2 Å². The maximum absolute atomic E-state index is 5.87. The van der Waals surface area contributed by atoms with Crippen molar-refractivity contribution in [3.8, 4) is 11.5 Å². The molecule has 15 heavy (non-hydrogen) atoms. The molecule has 2 atom stereocenters. The molecule has 1 rings (SSSR count). The Morgan fingerprint density at radius 3 is 1.80 bits per heavy atom. The molecule has 2 N–H and O–H groups in total. The van der Waals surface area contributed by atoms with E-state index < -0.39 is 0 Å². The predicted molar refractivity (Wildman–Crippen MR) is 61.6 cm³/mol. The Morgan fingerprint density at radius 2 is 1.47 bits per heavy atom. The minimum atomic E-state index is 0.113. The standard InChI is InChI=1S/C12H19NO2/c1-8(9(2)13)10-5-11(14-3)7-12(6-10)15-4/h5-9H,13H2,1-4H3. The highest BCUT2D eigenvalue weighted by Gasteiger charge is 2.12. The number of hydrogen-bond donors (Lipinski definition) is 1. The first-order chi connectivity index (χ1) is 7.08. The van der Waals surface area contributed by atoms with Gasteiger partial charge in [0.2, 0.25) is 0 Å². The summed E-state index contributed by atoms with van der Waals surface area (Å²) in [5.74, 6) is 1.89. The van der Waals surface area contributed by atoms with Gasteiger partial charge in [0, 0.05) is 12.1 Å². The molecule has 0 fully saturated rings. The first-order valence-corrected chi connectivity index (χ1v) is 5.07. The zero-order valence-electron chi connectivity index (χ0n) is 9.78. The molecular weight excluding hydrogens is 190 g/mol. The maximum atomic E-state index is 5.87. The van der Waals surface area contributed by atoms with Crippen LogP contribution in [0.15, 0.2) is 18.2 Å². The molecule has 0 aliphatic rings. The van der Waals surface area contributed by atoms with Crippen molar-refractivity contribution in [2.75, 3.05) is 14.2 Å². The molecule has 3 heteroatoms. The summed E-state index contributed by atoms with van der Waals surface area (Å²) in [5, 5.41) is 0. The molecule has 0 aliphatic carbocycles. The molecular formula is C12H19NO2. The Hall–Kier alpha value is -1.22. The number of benzene rings is 1. The number of rotatable bonds is 4. The van der Waals surface area contributed by atoms with Gasteiger partial charge >= 0.3 is 0 Å². The summed E-state index contributed by atoms with van der Waals surface area (Å²) in [6, 6.07) is 5.96. The van der Waals surface area contributed by atoms with Gasteiger partial charge < -0.3 is 15.2 Å². The lowest BCUT2D eigenvalue weighted by Crippen LogP contribution is -2.22. The Bertz CT molecular complexity index is 301. The van der Waals surface area contributed by atoms with Crippen LogP contribution in [0, 0.1) is 0 Å². The predicted octanol–water partition coefficient (Wildman–Crippen LogP) is 2.15. The quantitative estimate of drug-likeness (QED) is 0.826. The number of nitrogens with two attached hydrogens (primary N) is 1. The van der Waals surface area contributed by atoms with E-state index in [1.165, 1.54) is 0 Å². The van der Waals surface area contributed by atoms with Gasteiger partial charge in [0.1, 0.15) is 11.5 Å². The highest BCUT2D eigenvalue weighted by molar-refractivity contribution is 5.40. The molecule has 1 aromatic carbocycles. The maximum Gasteiger partial charge on any atom is 0.122 e. The molecule has 0 saturated carbocycles. The van der Waals surface area contributed by atoms with Crippen LogP contribution in [0.1, 0.15) is 25.3 Å². The van der Waals surface area contributed by atoms with Gasteiger partial charge in [-0.2, -0.15) is 0 Å². The SMILES string of the molecule is COc1cc(OC)cc(C(C)C(C)N)c1. The fraction of sp³-hybridized carbons (Fsp3) is 0.500. The van der Waals surface area contributed by atoms with E-state index in [1.807, 2.05) is 25.1 Å². The first kappa shape index (κ1) is 11.9. The second-order valence-corrected chi connectivity index (χ2v) is 3.79. The summed E-state index contributed by atoms with van der Waals surface area (Å²) >= 11 is 0. The minimum absolute atomic E-state index is 0.113. The van der Waals surface area contributed by atoms with Crippen LogP contribution in [-0.2, 0) is 0 Å². The molecule has 0 aliphatic heterocycles. The van der Waals surface area contributed by atoms with E-state index in [0.717, 1.165) is 17.1 Å². The molecule has 2 unspecified atom stereocenters. The average Bonchev–Trinajstić information content (AvgIpc) is 2.27. The summed E-state index contributed by atoms with van der Waals surface area (Å²) in [4.78, 5) is 0. The molecule has 0 aromatic heterocycles. The summed E-state index contributed by atoms with van der Waals surface area (Å²) in [6.45, 7) is 4.09. The molecule has 0 saturated heterocycles. The van der Waals surface area contributed by atoms with Crippen molar-refractivity contribution < 1.29 is 9.47 Å². The average molecular weight is 209 g/mol. The van der Waals surface area contributed by atoms with Gasteiger partial charge in [0.05, 0.1) is 14.2 Å². The molecule has 0 heterocycles. The summed E-state index contributed by atoms with van der Waals surface area (Å²) < 4.78 is 10.4. The highest BCUT2D eigenvalue weighted by Crippen LogP contribution is 2.28. The van der Waals surface area contributed by atoms with Gasteiger partial charge in [-0.1, -0.05) is 6.92 Å². The fourth-order valence-corrected chi connectivity index (χ4v) is 1.40. The molecule has 84 valence electrons. The lowest BCUT2D eigenvalue weighted by molar-refractivity contribution is 0.392. The largest absolute Gasteiger partial charge is 0.497 e. The summed E-state index contributed by atoms with van der Waals surface area (Å²) in [7, 11) is 3.30. The smallest absolute Gasteiger partial charge is 0.122 e. The third-order valence-electron chi connectivity index (χ3n) is 2.69. The van der Waals surface area contributed by atoms with Crippen LogP contribution in [0.5, 0.6) is 11.5 Å². The Kier molecular flexibility index (Phi) is 3.97. The van der Waals surface area contributed by atoms with E-state index in [9.17, 15) is 0 Å². The van der Waals surface area contributed by atoms with E-state index in [2.05, 4.69) is 6.92 Å². The molecule has 0 spiro atoms. The zero-order chi connectivity index (χ0) is 11.4. The Labute approximate surface area is 91.2 Å². The normalized spacial score (nSPS) is 14.5. The van der Waals surface area contributed by atoms with Gasteiger partial charge in [0.25, 0.3) is 0 Å². The van der Waals surface area contributed by atoms with Crippen molar-refractivity contribution in [1.29, 1.82) is 0 Å². The third-order valence-corrected chi connectivity index (χ3v) is 2.69. The minimum Gasteiger partial charge on any atom is -0.497 e. The van der Waals surface area contributed by atoms with Crippen LogP contribution >= 0.6 is 0 Å². The van der Waals surface area contributed by atoms with Gasteiger partial charge in [-0.05, 0) is 30.5 Å². The van der Waals surface area contributed by atoms with Crippen LogP contribution in [0.3, 0.4) is 0 Å². The second-order valence-electron chi connectivity index (χ2n) is 3.79. The van der Waals surface area contributed by atoms with Crippen LogP contribution in [0.2, 0.25) is 0 Å². The Morgan fingerprint density at radius 1 is 1.00 bits per heavy atom. The van der Waals surface area contributed by atoms with E-state index in [0.29, 0.717) is 0 Å². The van der Waals surface area contributed by atoms with E-state index in [-0.39, 0.29) is 12.0 Å². The van der Waals surface area contributed by atoms with Crippen molar-refractivity contribution in [2.24, 2.45) is 5.73 Å². The topological polar surface area (TPSA) is 44.5 Å². The highest BCUT2D eigenvalue weighted by atomic mass is 16.5. The van der Waals surface area contributed by atoms with Gasteiger partial charge in [-0.25, -0.2) is 0 Å². The number of hydrogen-bond acceptors (Lipinski definition) is 3. The van der Waals surface area contributed by atoms with Gasteiger partial charge in [-0.3, -0.25) is 0 Å². The fourth-order valence-electron chi connectivity index (χ4n) is 1.40. The van der Waals surface area contributed by atoms with Crippen LogP contribution in [-0.4, -0.2) is 20.3 Å². The van der Waals surface area contributed by atoms with Gasteiger partial charge in [-0.15, -0.1) is 0 Å². The van der Waals surface area contributed by atoms with E-state index >= 15 is 0 Å². The molecule has 0 bridgehead atoms. The van der Waals surface area contributed by atoms with Crippen LogP contribution in [0.4, 0.5) is 0 Å². The van der Waals surface area contributed by atoms with Crippen molar-refractivity contribution in [1.82, 2.24) is 0 Å². The summed E-state index contributed by atoms with van der Waals surface area (Å²) in [5.41, 5.74) is 7.01. The van der Waals surface area contributed by atoms with Crippen LogP contribution in [0.25, 0.3) is 0 Å². The van der Waals surface area contributed by atoms with Crippen molar-refractivity contribution in [3.63, 3.8) is 0 Å². The molecule has 3 nitrogen and oxygen atoms in total. The number of methoxy groups -OCH3 is 2. The molecule has 0 radical (unpaired) electrons. The van der Waals surface area contributed by atoms with E-state index in [1.54, 1.807) is 14.2 Å². The van der Waals surface area contributed by atoms with Crippen molar-refractivity contribution >= 4 is 0 Å². The van der Waals surface area contributed by atoms with Crippen molar-refractivity contribution in [3.05, 3.63) is 23.8 Å². The molecule has 0 amide bonds. The third kappa shape index (κ3) is 2.86. The molecule has 1 aromatic rings. The first-order valence-electron chi connectivity index (χ1n) is 5.07.